The summed E-state index contributed by atoms with van der Waals surface area (Å²) in [6, 6.07) is 3.58. The lowest BCUT2D eigenvalue weighted by Gasteiger charge is -2.15. The molecular formula is C13H15FN4. The Labute approximate surface area is 104 Å². The summed E-state index contributed by atoms with van der Waals surface area (Å²) in [5.74, 6) is 1.92. The minimum atomic E-state index is -0.292. The molecule has 0 spiro atoms. The zero-order chi connectivity index (χ0) is 12.1. The molecule has 0 aromatic carbocycles. The fourth-order valence-electron chi connectivity index (χ4n) is 2.60. The lowest BCUT2D eigenvalue weighted by molar-refractivity contribution is 0.563. The SMILES string of the molecule is Fc1ccc2nc(NC(C3CC3)C3CC3)nn2c1. The van der Waals surface area contributed by atoms with E-state index in [4.69, 9.17) is 0 Å². The number of rotatable bonds is 4. The normalized spacial score (nSPS) is 19.7. The highest BCUT2D eigenvalue weighted by molar-refractivity contribution is 5.43. The first kappa shape index (κ1) is 10.3. The van der Waals surface area contributed by atoms with E-state index in [9.17, 15) is 4.39 Å². The standard InChI is InChI=1S/C13H15FN4/c14-10-5-6-11-15-13(17-18(11)7-10)16-12(8-1-2-8)9-3-4-9/h5-9,12H,1-4H2,(H,16,17). The summed E-state index contributed by atoms with van der Waals surface area (Å²) in [7, 11) is 0. The van der Waals surface area contributed by atoms with Crippen LogP contribution in [0.3, 0.4) is 0 Å². The Morgan fingerprint density at radius 3 is 2.61 bits per heavy atom. The van der Waals surface area contributed by atoms with E-state index < -0.39 is 0 Å². The fraction of sp³-hybridized carbons (Fsp3) is 0.538. The zero-order valence-electron chi connectivity index (χ0n) is 10.0. The maximum Gasteiger partial charge on any atom is 0.243 e. The number of hydrogen-bond donors (Lipinski definition) is 1. The van der Waals surface area contributed by atoms with Gasteiger partial charge in [-0.3, -0.25) is 0 Å². The molecule has 18 heavy (non-hydrogen) atoms. The predicted octanol–water partition coefficient (Wildman–Crippen LogP) is 2.47. The van der Waals surface area contributed by atoms with Crippen LogP contribution in [0.25, 0.3) is 5.65 Å². The Morgan fingerprint density at radius 1 is 1.22 bits per heavy atom. The second kappa shape index (κ2) is 3.67. The van der Waals surface area contributed by atoms with Gasteiger partial charge in [0.15, 0.2) is 5.65 Å². The van der Waals surface area contributed by atoms with Crippen molar-refractivity contribution >= 4 is 11.6 Å². The van der Waals surface area contributed by atoms with Gasteiger partial charge in [0.05, 0.1) is 6.20 Å². The monoisotopic (exact) mass is 246 g/mol. The lowest BCUT2D eigenvalue weighted by Crippen LogP contribution is -2.24. The minimum Gasteiger partial charge on any atom is -0.350 e. The van der Waals surface area contributed by atoms with Crippen molar-refractivity contribution in [1.29, 1.82) is 0 Å². The third kappa shape index (κ3) is 1.83. The highest BCUT2D eigenvalue weighted by Crippen LogP contribution is 2.45. The van der Waals surface area contributed by atoms with Crippen molar-refractivity contribution in [2.45, 2.75) is 31.7 Å². The third-order valence-electron chi connectivity index (χ3n) is 3.85. The van der Waals surface area contributed by atoms with Crippen LogP contribution in [-0.2, 0) is 0 Å². The van der Waals surface area contributed by atoms with Gasteiger partial charge in [0.1, 0.15) is 5.82 Å². The van der Waals surface area contributed by atoms with E-state index >= 15 is 0 Å². The first-order valence-electron chi connectivity index (χ1n) is 6.58. The molecule has 4 nitrogen and oxygen atoms in total. The summed E-state index contributed by atoms with van der Waals surface area (Å²) in [5.41, 5.74) is 0.684. The second-order valence-electron chi connectivity index (χ2n) is 5.43. The second-order valence-corrected chi connectivity index (χ2v) is 5.43. The first-order valence-corrected chi connectivity index (χ1v) is 6.58. The number of aromatic nitrogens is 3. The summed E-state index contributed by atoms with van der Waals surface area (Å²) < 4.78 is 14.6. The molecule has 1 N–H and O–H groups in total. The summed E-state index contributed by atoms with van der Waals surface area (Å²) in [4.78, 5) is 4.39. The molecule has 2 aromatic rings. The van der Waals surface area contributed by atoms with Crippen molar-refractivity contribution in [3.63, 3.8) is 0 Å². The molecule has 4 rings (SSSR count). The minimum absolute atomic E-state index is 0.292. The van der Waals surface area contributed by atoms with Crippen molar-refractivity contribution in [2.24, 2.45) is 11.8 Å². The Hall–Kier alpha value is -1.65. The van der Waals surface area contributed by atoms with E-state index in [0.29, 0.717) is 17.6 Å². The van der Waals surface area contributed by atoms with Crippen LogP contribution in [-0.4, -0.2) is 20.6 Å². The Morgan fingerprint density at radius 2 is 1.94 bits per heavy atom. The fourth-order valence-corrected chi connectivity index (χ4v) is 2.60. The first-order chi connectivity index (χ1) is 8.79. The number of nitrogens with zero attached hydrogens (tertiary/aromatic N) is 3. The molecule has 0 bridgehead atoms. The van der Waals surface area contributed by atoms with Crippen molar-refractivity contribution in [3.05, 3.63) is 24.1 Å². The average molecular weight is 246 g/mol. The molecule has 0 radical (unpaired) electrons. The maximum atomic E-state index is 13.1. The third-order valence-corrected chi connectivity index (χ3v) is 3.85. The quantitative estimate of drug-likeness (QED) is 0.901. The summed E-state index contributed by atoms with van der Waals surface area (Å²) >= 11 is 0. The van der Waals surface area contributed by atoms with E-state index in [1.807, 2.05) is 0 Å². The summed E-state index contributed by atoms with van der Waals surface area (Å²) in [6.45, 7) is 0. The van der Waals surface area contributed by atoms with Crippen LogP contribution in [0.15, 0.2) is 18.3 Å². The largest absolute Gasteiger partial charge is 0.350 e. The number of pyridine rings is 1. The molecule has 2 aliphatic carbocycles. The van der Waals surface area contributed by atoms with Gasteiger partial charge in [-0.1, -0.05) is 0 Å². The number of anilines is 1. The molecular weight excluding hydrogens is 231 g/mol. The van der Waals surface area contributed by atoms with Crippen LogP contribution in [0.1, 0.15) is 25.7 Å². The maximum absolute atomic E-state index is 13.1. The number of nitrogens with one attached hydrogen (secondary N) is 1. The van der Waals surface area contributed by atoms with Gasteiger partial charge in [-0.25, -0.2) is 8.91 Å². The molecule has 0 saturated heterocycles. The van der Waals surface area contributed by atoms with E-state index in [1.54, 1.807) is 6.07 Å². The highest BCUT2D eigenvalue weighted by atomic mass is 19.1. The van der Waals surface area contributed by atoms with Gasteiger partial charge < -0.3 is 5.32 Å². The van der Waals surface area contributed by atoms with Crippen LogP contribution in [0.2, 0.25) is 0 Å². The van der Waals surface area contributed by atoms with Crippen LogP contribution in [0, 0.1) is 17.7 Å². The van der Waals surface area contributed by atoms with Crippen LogP contribution >= 0.6 is 0 Å². The lowest BCUT2D eigenvalue weighted by atomic mass is 10.1. The molecule has 2 saturated carbocycles. The molecule has 0 atom stereocenters. The van der Waals surface area contributed by atoms with E-state index in [-0.39, 0.29) is 5.82 Å². The highest BCUT2D eigenvalue weighted by Gasteiger charge is 2.41. The van der Waals surface area contributed by atoms with Gasteiger partial charge in [-0.05, 0) is 49.7 Å². The molecule has 0 aliphatic heterocycles. The molecule has 94 valence electrons. The Balaban J connectivity index is 1.61. The summed E-state index contributed by atoms with van der Waals surface area (Å²) in [6.07, 6.45) is 6.62. The van der Waals surface area contributed by atoms with E-state index in [1.165, 1.54) is 42.5 Å². The number of halogens is 1. The average Bonchev–Trinajstić information content (AvgIpc) is 3.23. The van der Waals surface area contributed by atoms with Gasteiger partial charge in [0.25, 0.3) is 0 Å². The van der Waals surface area contributed by atoms with Crippen molar-refractivity contribution in [2.75, 3.05) is 5.32 Å². The Kier molecular flexibility index (Phi) is 2.10. The van der Waals surface area contributed by atoms with Crippen LogP contribution in [0.4, 0.5) is 10.3 Å². The van der Waals surface area contributed by atoms with E-state index in [2.05, 4.69) is 15.4 Å². The van der Waals surface area contributed by atoms with Crippen LogP contribution in [0.5, 0.6) is 0 Å². The zero-order valence-corrected chi connectivity index (χ0v) is 10.0. The summed E-state index contributed by atoms with van der Waals surface area (Å²) in [5, 5.41) is 7.73. The van der Waals surface area contributed by atoms with Crippen LogP contribution < -0.4 is 5.32 Å². The van der Waals surface area contributed by atoms with Crippen molar-refractivity contribution in [3.8, 4) is 0 Å². The van der Waals surface area contributed by atoms with E-state index in [0.717, 1.165) is 11.8 Å². The van der Waals surface area contributed by atoms with Crippen molar-refractivity contribution in [1.82, 2.24) is 14.6 Å². The molecule has 2 aromatic heterocycles. The number of hydrogen-bond acceptors (Lipinski definition) is 3. The number of fused-ring (bicyclic) bond motifs is 1. The molecule has 2 heterocycles. The van der Waals surface area contributed by atoms with Crippen molar-refractivity contribution < 1.29 is 4.39 Å². The smallest absolute Gasteiger partial charge is 0.243 e. The van der Waals surface area contributed by atoms with Gasteiger partial charge in [0, 0.05) is 6.04 Å². The Bertz CT molecular complexity index is 574. The topological polar surface area (TPSA) is 42.2 Å². The van der Waals surface area contributed by atoms with Gasteiger partial charge >= 0.3 is 0 Å². The predicted molar refractivity (Wildman–Crippen MR) is 65.8 cm³/mol. The van der Waals surface area contributed by atoms with Gasteiger partial charge in [0.2, 0.25) is 5.95 Å². The molecule has 0 amide bonds. The van der Waals surface area contributed by atoms with Gasteiger partial charge in [-0.15, -0.1) is 5.10 Å². The van der Waals surface area contributed by atoms with Gasteiger partial charge in [-0.2, -0.15) is 4.98 Å². The molecule has 0 unspecified atom stereocenters. The molecule has 2 fully saturated rings. The molecule has 5 heteroatoms. The molecule has 2 aliphatic rings.